The van der Waals surface area contributed by atoms with E-state index in [0.29, 0.717) is 24.3 Å². The van der Waals surface area contributed by atoms with Gasteiger partial charge in [-0.15, -0.1) is 0 Å². The molecule has 0 spiro atoms. The van der Waals surface area contributed by atoms with E-state index in [9.17, 15) is 19.8 Å². The van der Waals surface area contributed by atoms with Crippen molar-refractivity contribution < 1.29 is 19.8 Å². The first-order valence-electron chi connectivity index (χ1n) is 25.2. The molecule has 348 valence electrons. The van der Waals surface area contributed by atoms with Gasteiger partial charge in [0.05, 0.1) is 0 Å². The van der Waals surface area contributed by atoms with Gasteiger partial charge in [0, 0.05) is 34.3 Å². The number of rotatable bonds is 42. The number of hydrogen-bond acceptors (Lipinski definition) is 6. The first-order chi connectivity index (χ1) is 28.5. The summed E-state index contributed by atoms with van der Waals surface area (Å²) in [5.74, 6) is -1.20. The van der Waals surface area contributed by atoms with Gasteiger partial charge in [-0.25, -0.2) is 0 Å². The van der Waals surface area contributed by atoms with Crippen LogP contribution in [0, 0.1) is 10.8 Å². The molecule has 0 aliphatic heterocycles. The van der Waals surface area contributed by atoms with Crippen molar-refractivity contribution in [3.63, 3.8) is 0 Å². The molecule has 59 heavy (non-hydrogen) atoms. The molecule has 0 fully saturated rings. The van der Waals surface area contributed by atoms with E-state index in [4.69, 9.17) is 0 Å². The molecule has 4 nitrogen and oxygen atoms in total. The Bertz CT molecular complexity index is 856. The molecule has 0 aliphatic carbocycles. The van der Waals surface area contributed by atoms with Crippen molar-refractivity contribution in [3.8, 4) is 0 Å². The minimum atomic E-state index is -0.963. The van der Waals surface area contributed by atoms with Gasteiger partial charge in [-0.1, -0.05) is 180 Å². The van der Waals surface area contributed by atoms with Gasteiger partial charge in [0.15, 0.2) is 0 Å². The second kappa shape index (κ2) is 50.6. The summed E-state index contributed by atoms with van der Waals surface area (Å²) in [6.07, 6.45) is 52.2. The minimum absolute atomic E-state index is 0.149. The average Bonchev–Trinajstić information content (AvgIpc) is 3.23. The van der Waals surface area contributed by atoms with Gasteiger partial charge >= 0.3 is 69.5 Å². The molecule has 0 saturated heterocycles. The summed E-state index contributed by atoms with van der Waals surface area (Å²) in [6.45, 7) is 12.6. The maximum atomic E-state index is 11.1. The molecule has 0 aromatic rings. The van der Waals surface area contributed by atoms with Gasteiger partial charge in [-0.05, 0) is 64.2 Å². The zero-order valence-corrected chi connectivity index (χ0v) is 44.8. The Balaban J connectivity index is -0.000000880. The number of carbonyl (C=O) groups excluding carboxylic acids is 2. The standard InChI is InChI=1S/2C22H42O2S.2C4H9.Sn/c2*1-3-4-5-6-7-8-9-10-11-12-13-14-15-16-17-18-19-22(2,20-25)21(23)24;2*1-3-4-2;/h2*10-11,25H,3-9,12-20H2,1-2H3,(H,23,24);2*1,3-4H2,2H3;/q;;;;+2/p-2. The maximum absolute atomic E-state index is 11.1. The van der Waals surface area contributed by atoms with Gasteiger partial charge in [-0.2, -0.15) is 25.3 Å². The Labute approximate surface area is 391 Å². The van der Waals surface area contributed by atoms with E-state index in [2.05, 4.69) is 77.3 Å². The molecule has 0 radical (unpaired) electrons. The van der Waals surface area contributed by atoms with Crippen molar-refractivity contribution in [2.24, 2.45) is 10.8 Å². The van der Waals surface area contributed by atoms with Crippen LogP contribution in [-0.2, 0) is 9.59 Å². The molecule has 0 amide bonds. The predicted octanol–water partition coefficient (Wildman–Crippen LogP) is 15.3. The third-order valence-electron chi connectivity index (χ3n) is 11.6. The first kappa shape index (κ1) is 63.2. The molecule has 2 atom stereocenters. The van der Waals surface area contributed by atoms with Crippen molar-refractivity contribution >= 4 is 58.3 Å². The zero-order chi connectivity index (χ0) is 44.6. The van der Waals surface area contributed by atoms with Crippen molar-refractivity contribution in [2.75, 3.05) is 11.5 Å². The number of carboxylic acids is 2. The fraction of sp³-hybridized carbons (Fsp3) is 0.885. The Morgan fingerprint density at radius 1 is 0.407 bits per heavy atom. The predicted molar refractivity (Wildman–Crippen MR) is 267 cm³/mol. The number of thiol groups is 2. The summed E-state index contributed by atoms with van der Waals surface area (Å²) in [5.41, 5.74) is -1.52. The molecular formula is C52H100O4S2Sn. The van der Waals surface area contributed by atoms with Gasteiger partial charge in [0.2, 0.25) is 0 Å². The van der Waals surface area contributed by atoms with E-state index in [1.165, 1.54) is 180 Å². The second-order valence-corrected chi connectivity index (χ2v) is 22.8. The SMILES string of the molecule is CCCCCCCCC=CCCCCCCCCC(C)(CS)C(=O)[O-].CCCCCCCCC=CCCCCCCCCC(C)(CS)C(=O)[O-].CCC[CH2][Sn+2][CH2]CCC. The first-order valence-corrected chi connectivity index (χ1v) is 30.5. The fourth-order valence-corrected chi connectivity index (χ4v) is 11.5. The van der Waals surface area contributed by atoms with Crippen LogP contribution in [0.1, 0.15) is 260 Å². The van der Waals surface area contributed by atoms with E-state index in [1.807, 2.05) is 0 Å². The number of carboxylic acid groups (broad SMARTS) is 2. The number of carbonyl (C=O) groups is 2. The quantitative estimate of drug-likeness (QED) is 0.0276. The van der Waals surface area contributed by atoms with Gasteiger partial charge in [-0.3, -0.25) is 0 Å². The molecule has 0 saturated carbocycles. The Kier molecular flexibility index (Phi) is 54.2. The molecule has 7 heteroatoms. The van der Waals surface area contributed by atoms with Gasteiger partial charge in [0.25, 0.3) is 0 Å². The van der Waals surface area contributed by atoms with E-state index in [-0.39, 0.29) is 21.1 Å². The average molecular weight is 972 g/mol. The topological polar surface area (TPSA) is 80.3 Å². The van der Waals surface area contributed by atoms with Crippen LogP contribution in [0.25, 0.3) is 0 Å². The van der Waals surface area contributed by atoms with Crippen LogP contribution in [0.15, 0.2) is 24.3 Å². The third-order valence-corrected chi connectivity index (χ3v) is 17.0. The summed E-state index contributed by atoms with van der Waals surface area (Å²) in [5, 5.41) is 22.2. The van der Waals surface area contributed by atoms with Crippen LogP contribution in [0.3, 0.4) is 0 Å². The summed E-state index contributed by atoms with van der Waals surface area (Å²) >= 11 is 8.44. The molecule has 0 N–H and O–H groups in total. The Morgan fingerprint density at radius 2 is 0.644 bits per heavy atom. The second-order valence-electron chi connectivity index (χ2n) is 17.8. The molecular weight excluding hydrogens is 871 g/mol. The molecule has 0 heterocycles. The summed E-state index contributed by atoms with van der Waals surface area (Å²) in [7, 11) is 0. The van der Waals surface area contributed by atoms with Gasteiger partial charge in [0.1, 0.15) is 0 Å². The van der Waals surface area contributed by atoms with Crippen molar-refractivity contribution in [1.82, 2.24) is 0 Å². The molecule has 0 rings (SSSR count). The number of unbranched alkanes of at least 4 members (excludes halogenated alkanes) is 26. The zero-order valence-electron chi connectivity index (χ0n) is 40.2. The summed E-state index contributed by atoms with van der Waals surface area (Å²) < 4.78 is 3.25. The summed E-state index contributed by atoms with van der Waals surface area (Å²) in [4.78, 5) is 22.2. The number of hydrogen-bond donors (Lipinski definition) is 2. The Morgan fingerprint density at radius 3 is 0.881 bits per heavy atom. The molecule has 0 aromatic carbocycles. The van der Waals surface area contributed by atoms with E-state index in [1.54, 1.807) is 22.7 Å². The van der Waals surface area contributed by atoms with Crippen LogP contribution < -0.4 is 10.2 Å². The van der Waals surface area contributed by atoms with Crippen molar-refractivity contribution in [2.45, 2.75) is 269 Å². The third kappa shape index (κ3) is 47.2. The van der Waals surface area contributed by atoms with E-state index >= 15 is 0 Å². The van der Waals surface area contributed by atoms with Crippen LogP contribution in [0.5, 0.6) is 0 Å². The van der Waals surface area contributed by atoms with Crippen molar-refractivity contribution in [3.05, 3.63) is 24.3 Å². The van der Waals surface area contributed by atoms with E-state index in [0.717, 1.165) is 25.7 Å². The van der Waals surface area contributed by atoms with Crippen LogP contribution in [0.4, 0.5) is 0 Å². The molecule has 0 bridgehead atoms. The van der Waals surface area contributed by atoms with Crippen LogP contribution in [0.2, 0.25) is 8.87 Å². The van der Waals surface area contributed by atoms with Crippen molar-refractivity contribution in [1.29, 1.82) is 0 Å². The molecule has 0 aliphatic rings. The van der Waals surface area contributed by atoms with E-state index < -0.39 is 22.8 Å². The van der Waals surface area contributed by atoms with Crippen LogP contribution in [-0.4, -0.2) is 44.6 Å². The summed E-state index contributed by atoms with van der Waals surface area (Å²) in [6, 6.07) is 0. The molecule has 0 aromatic heterocycles. The fourth-order valence-electron chi connectivity index (χ4n) is 6.75. The number of allylic oxidation sites excluding steroid dienone is 4. The van der Waals surface area contributed by atoms with Crippen LogP contribution >= 0.6 is 25.3 Å². The Hall–Kier alpha value is -0.0813. The van der Waals surface area contributed by atoms with Gasteiger partial charge < -0.3 is 19.8 Å². The number of aliphatic carboxylic acids is 2. The monoisotopic (exact) mass is 973 g/mol. The molecule has 2 unspecified atom stereocenters. The normalized spacial score (nSPS) is 13.3.